The van der Waals surface area contributed by atoms with Crippen molar-refractivity contribution >= 4 is 40.5 Å². The highest BCUT2D eigenvalue weighted by molar-refractivity contribution is 7.80. The highest BCUT2D eigenvalue weighted by Gasteiger charge is 2.09. The van der Waals surface area contributed by atoms with Crippen LogP contribution in [0, 0.1) is 13.8 Å². The molecule has 0 aliphatic carbocycles. The van der Waals surface area contributed by atoms with Crippen LogP contribution in [0.25, 0.3) is 0 Å². The van der Waals surface area contributed by atoms with E-state index in [1.54, 1.807) is 30.3 Å². The van der Waals surface area contributed by atoms with Crippen LogP contribution < -0.4 is 16.0 Å². The maximum absolute atomic E-state index is 12.3. The minimum absolute atomic E-state index is 0.0188. The van der Waals surface area contributed by atoms with Gasteiger partial charge in [-0.25, -0.2) is 0 Å². The minimum atomic E-state index is -0.253. The number of nitrogens with one attached hydrogen (secondary N) is 3. The molecule has 0 bridgehead atoms. The van der Waals surface area contributed by atoms with Crippen LogP contribution >= 0.6 is 12.2 Å². The largest absolute Gasteiger partial charge is 0.332 e. The molecular formula is C22H27N3O2S. The lowest BCUT2D eigenvalue weighted by atomic mass is 10.1. The lowest BCUT2D eigenvalue weighted by Crippen LogP contribution is -2.34. The first kappa shape index (κ1) is 21.6. The lowest BCUT2D eigenvalue weighted by Gasteiger charge is -2.11. The fraction of sp³-hybridized carbons (Fsp3) is 0.318. The third-order valence-corrected chi connectivity index (χ3v) is 4.63. The zero-order valence-electron chi connectivity index (χ0n) is 16.6. The highest BCUT2D eigenvalue weighted by Crippen LogP contribution is 2.15. The molecule has 0 unspecified atom stereocenters. The van der Waals surface area contributed by atoms with Gasteiger partial charge in [0.25, 0.3) is 5.91 Å². The number of hydrogen-bond donors (Lipinski definition) is 3. The predicted molar refractivity (Wildman–Crippen MR) is 119 cm³/mol. The van der Waals surface area contributed by atoms with Gasteiger partial charge in [-0.3, -0.25) is 14.9 Å². The maximum atomic E-state index is 12.3. The van der Waals surface area contributed by atoms with E-state index in [2.05, 4.69) is 22.9 Å². The number of aryl methyl sites for hydroxylation is 2. The van der Waals surface area contributed by atoms with E-state index in [0.717, 1.165) is 41.8 Å². The summed E-state index contributed by atoms with van der Waals surface area (Å²) in [4.78, 5) is 24.2. The molecule has 3 N–H and O–H groups in total. The molecule has 0 aliphatic heterocycles. The summed E-state index contributed by atoms with van der Waals surface area (Å²) in [5, 5.41) is 8.75. The van der Waals surface area contributed by atoms with Crippen molar-refractivity contribution in [2.45, 2.75) is 46.5 Å². The molecular weight excluding hydrogens is 370 g/mol. The van der Waals surface area contributed by atoms with Gasteiger partial charge in [-0.2, -0.15) is 0 Å². The van der Waals surface area contributed by atoms with Gasteiger partial charge in [0.15, 0.2) is 5.11 Å². The minimum Gasteiger partial charge on any atom is -0.332 e. The topological polar surface area (TPSA) is 70.2 Å². The molecule has 0 radical (unpaired) electrons. The lowest BCUT2D eigenvalue weighted by molar-refractivity contribution is -0.116. The first-order chi connectivity index (χ1) is 13.4. The van der Waals surface area contributed by atoms with E-state index in [-0.39, 0.29) is 16.9 Å². The normalized spacial score (nSPS) is 10.2. The Morgan fingerprint density at radius 2 is 1.54 bits per heavy atom. The molecule has 0 aliphatic rings. The summed E-state index contributed by atoms with van der Waals surface area (Å²) in [7, 11) is 0. The van der Waals surface area contributed by atoms with Gasteiger partial charge in [0, 0.05) is 23.4 Å². The summed E-state index contributed by atoms with van der Waals surface area (Å²) in [6.45, 7) is 6.08. The van der Waals surface area contributed by atoms with Crippen molar-refractivity contribution < 1.29 is 9.59 Å². The summed E-state index contributed by atoms with van der Waals surface area (Å²) in [6, 6.07) is 12.7. The van der Waals surface area contributed by atoms with Gasteiger partial charge in [0.05, 0.1) is 0 Å². The molecule has 0 atom stereocenters. The molecule has 28 heavy (non-hydrogen) atoms. The summed E-state index contributed by atoms with van der Waals surface area (Å²) in [5.74, 6) is -0.234. The number of hydrogen-bond acceptors (Lipinski definition) is 3. The maximum Gasteiger partial charge on any atom is 0.257 e. The smallest absolute Gasteiger partial charge is 0.257 e. The quantitative estimate of drug-likeness (QED) is 0.457. The molecule has 0 saturated heterocycles. The van der Waals surface area contributed by atoms with Gasteiger partial charge in [-0.05, 0) is 80.0 Å². The monoisotopic (exact) mass is 397 g/mol. The van der Waals surface area contributed by atoms with Crippen molar-refractivity contribution in [2.75, 3.05) is 10.6 Å². The summed E-state index contributed by atoms with van der Waals surface area (Å²) >= 11 is 5.22. The molecule has 0 aromatic heterocycles. The average Bonchev–Trinajstić information content (AvgIpc) is 2.65. The molecule has 0 spiro atoms. The Hall–Kier alpha value is -2.73. The van der Waals surface area contributed by atoms with E-state index < -0.39 is 0 Å². The van der Waals surface area contributed by atoms with E-state index in [1.807, 2.05) is 26.0 Å². The van der Waals surface area contributed by atoms with Crippen LogP contribution in [0.4, 0.5) is 11.4 Å². The van der Waals surface area contributed by atoms with Crippen LogP contribution in [0.15, 0.2) is 42.5 Å². The Morgan fingerprint density at radius 3 is 2.14 bits per heavy atom. The SMILES string of the molecule is CCCCCC(=O)Nc1ccc(NC(=S)NC(=O)c2ccc(C)c(C)c2)cc1. The van der Waals surface area contributed by atoms with Gasteiger partial charge in [0.2, 0.25) is 5.91 Å². The molecule has 2 aromatic rings. The fourth-order valence-electron chi connectivity index (χ4n) is 2.62. The highest BCUT2D eigenvalue weighted by atomic mass is 32.1. The molecule has 5 nitrogen and oxygen atoms in total. The first-order valence-electron chi connectivity index (χ1n) is 9.48. The standard InChI is InChI=1S/C22H27N3O2S/c1-4-5-6-7-20(26)23-18-10-12-19(13-11-18)24-22(28)25-21(27)17-9-8-15(2)16(3)14-17/h8-14H,4-7H2,1-3H3,(H,23,26)(H2,24,25,27,28). The Morgan fingerprint density at radius 1 is 0.893 bits per heavy atom. The Labute approximate surface area is 171 Å². The van der Waals surface area contributed by atoms with Gasteiger partial charge < -0.3 is 10.6 Å². The molecule has 0 heterocycles. The van der Waals surface area contributed by atoms with Gasteiger partial charge in [-0.15, -0.1) is 0 Å². The second-order valence-electron chi connectivity index (χ2n) is 6.79. The number of anilines is 2. The third kappa shape index (κ3) is 6.78. The van der Waals surface area contributed by atoms with E-state index in [9.17, 15) is 9.59 Å². The predicted octanol–water partition coefficient (Wildman–Crippen LogP) is 4.95. The molecule has 2 amide bonds. The van der Waals surface area contributed by atoms with Crippen LogP contribution in [0.2, 0.25) is 0 Å². The third-order valence-electron chi connectivity index (χ3n) is 4.43. The molecule has 2 aromatic carbocycles. The average molecular weight is 398 g/mol. The number of carbonyl (C=O) groups excluding carboxylic acids is 2. The van der Waals surface area contributed by atoms with E-state index in [1.165, 1.54) is 0 Å². The first-order valence-corrected chi connectivity index (χ1v) is 9.89. The van der Waals surface area contributed by atoms with Crippen LogP contribution in [-0.4, -0.2) is 16.9 Å². The van der Waals surface area contributed by atoms with Crippen molar-refractivity contribution in [1.29, 1.82) is 0 Å². The number of thiocarbonyl (C=S) groups is 1. The van der Waals surface area contributed by atoms with Crippen molar-refractivity contribution in [2.24, 2.45) is 0 Å². The molecule has 148 valence electrons. The Balaban J connectivity index is 1.85. The van der Waals surface area contributed by atoms with Crippen molar-refractivity contribution in [1.82, 2.24) is 5.32 Å². The van der Waals surface area contributed by atoms with E-state index in [0.29, 0.717) is 12.0 Å². The van der Waals surface area contributed by atoms with Gasteiger partial charge in [-0.1, -0.05) is 25.8 Å². The molecule has 0 saturated carbocycles. The zero-order valence-corrected chi connectivity index (χ0v) is 17.4. The van der Waals surface area contributed by atoms with Crippen molar-refractivity contribution in [3.8, 4) is 0 Å². The van der Waals surface area contributed by atoms with Crippen LogP contribution in [0.5, 0.6) is 0 Å². The van der Waals surface area contributed by atoms with Crippen LogP contribution in [0.3, 0.4) is 0 Å². The van der Waals surface area contributed by atoms with E-state index >= 15 is 0 Å². The summed E-state index contributed by atoms with van der Waals surface area (Å²) < 4.78 is 0. The number of rotatable bonds is 7. The van der Waals surface area contributed by atoms with Crippen molar-refractivity contribution in [3.63, 3.8) is 0 Å². The summed E-state index contributed by atoms with van der Waals surface area (Å²) in [6.07, 6.45) is 3.58. The number of amides is 2. The number of carbonyl (C=O) groups is 2. The second-order valence-corrected chi connectivity index (χ2v) is 7.20. The van der Waals surface area contributed by atoms with Gasteiger partial charge in [0.1, 0.15) is 0 Å². The Bertz CT molecular complexity index is 847. The summed E-state index contributed by atoms with van der Waals surface area (Å²) in [5.41, 5.74) is 4.22. The number of benzene rings is 2. The molecule has 0 fully saturated rings. The Kier molecular flexibility index (Phi) is 8.14. The fourth-order valence-corrected chi connectivity index (χ4v) is 2.83. The zero-order chi connectivity index (χ0) is 20.5. The van der Waals surface area contributed by atoms with Gasteiger partial charge >= 0.3 is 0 Å². The molecule has 2 rings (SSSR count). The number of unbranched alkanes of at least 4 members (excludes halogenated alkanes) is 2. The van der Waals surface area contributed by atoms with Crippen LogP contribution in [-0.2, 0) is 4.79 Å². The molecule has 6 heteroatoms. The second kappa shape index (κ2) is 10.6. The van der Waals surface area contributed by atoms with E-state index in [4.69, 9.17) is 12.2 Å². The van der Waals surface area contributed by atoms with Crippen molar-refractivity contribution in [3.05, 3.63) is 59.2 Å². The van der Waals surface area contributed by atoms with Crippen LogP contribution in [0.1, 0.15) is 54.1 Å².